The van der Waals surface area contributed by atoms with Crippen molar-refractivity contribution in [2.45, 2.75) is 0 Å². The van der Waals surface area contributed by atoms with E-state index in [0.717, 1.165) is 11.0 Å². The highest BCUT2D eigenvalue weighted by molar-refractivity contribution is 7.73. The fourth-order valence-electron chi connectivity index (χ4n) is 2.15. The number of imidazole rings is 1. The zero-order valence-corrected chi connectivity index (χ0v) is 11.3. The van der Waals surface area contributed by atoms with Gasteiger partial charge >= 0.3 is 0 Å². The van der Waals surface area contributed by atoms with Crippen LogP contribution < -0.4 is 10.9 Å². The number of fused-ring (bicyclic) bond motifs is 1. The SMILES string of the molecule is Cn1c(P(=O)(O)c2ccccc2)nc2ccccc21. The zero-order valence-electron chi connectivity index (χ0n) is 10.4. The number of nitrogens with zero attached hydrogens (tertiary/aromatic N) is 2. The number of hydrogen-bond donors (Lipinski definition) is 1. The molecule has 0 radical (unpaired) electrons. The van der Waals surface area contributed by atoms with Gasteiger partial charge in [0.05, 0.1) is 11.0 Å². The zero-order chi connectivity index (χ0) is 13.5. The van der Waals surface area contributed by atoms with Crippen molar-refractivity contribution in [3.63, 3.8) is 0 Å². The molecule has 19 heavy (non-hydrogen) atoms. The Bertz CT molecular complexity index is 781. The quantitative estimate of drug-likeness (QED) is 0.724. The molecule has 1 N–H and O–H groups in total. The molecule has 1 atom stereocenters. The molecule has 4 nitrogen and oxygen atoms in total. The molecule has 3 aromatic rings. The molecule has 3 rings (SSSR count). The van der Waals surface area contributed by atoms with E-state index in [1.165, 1.54) is 0 Å². The van der Waals surface area contributed by atoms with Crippen LogP contribution in [-0.2, 0) is 11.6 Å². The first-order valence-corrected chi connectivity index (χ1v) is 7.57. The van der Waals surface area contributed by atoms with Crippen LogP contribution in [0, 0.1) is 0 Å². The highest BCUT2D eigenvalue weighted by Gasteiger charge is 2.29. The van der Waals surface area contributed by atoms with Gasteiger partial charge < -0.3 is 9.46 Å². The number of rotatable bonds is 2. The van der Waals surface area contributed by atoms with Gasteiger partial charge in [0.25, 0.3) is 7.37 Å². The van der Waals surface area contributed by atoms with Gasteiger partial charge in [-0.1, -0.05) is 30.3 Å². The molecular weight excluding hydrogens is 259 g/mol. The van der Waals surface area contributed by atoms with E-state index in [-0.39, 0.29) is 5.57 Å². The van der Waals surface area contributed by atoms with Gasteiger partial charge in [-0.05, 0) is 24.3 Å². The molecule has 0 aliphatic heterocycles. The van der Waals surface area contributed by atoms with E-state index in [2.05, 4.69) is 4.98 Å². The average Bonchev–Trinajstić information content (AvgIpc) is 2.78. The lowest BCUT2D eigenvalue weighted by molar-refractivity contribution is 0.498. The summed E-state index contributed by atoms with van der Waals surface area (Å²) < 4.78 is 14.4. The maximum atomic E-state index is 12.7. The minimum atomic E-state index is -3.66. The third kappa shape index (κ3) is 1.89. The second-order valence-corrected chi connectivity index (χ2v) is 6.44. The van der Waals surface area contributed by atoms with E-state index in [4.69, 9.17) is 0 Å². The van der Waals surface area contributed by atoms with Gasteiger partial charge in [0.1, 0.15) is 0 Å². The van der Waals surface area contributed by atoms with Crippen molar-refractivity contribution in [2.75, 3.05) is 0 Å². The van der Waals surface area contributed by atoms with Gasteiger partial charge in [-0.2, -0.15) is 0 Å². The molecule has 1 aromatic heterocycles. The average molecular weight is 272 g/mol. The van der Waals surface area contributed by atoms with Crippen molar-refractivity contribution in [1.82, 2.24) is 9.55 Å². The summed E-state index contributed by atoms with van der Waals surface area (Å²) in [5.74, 6) is 0. The normalized spacial score (nSPS) is 14.4. The molecule has 0 aliphatic carbocycles. The fourth-order valence-corrected chi connectivity index (χ4v) is 3.71. The number of hydrogen-bond acceptors (Lipinski definition) is 2. The van der Waals surface area contributed by atoms with Crippen LogP contribution in [0.15, 0.2) is 54.6 Å². The maximum Gasteiger partial charge on any atom is 0.293 e. The molecule has 1 unspecified atom stereocenters. The number of benzene rings is 2. The van der Waals surface area contributed by atoms with E-state index >= 15 is 0 Å². The topological polar surface area (TPSA) is 55.1 Å². The predicted octanol–water partition coefficient (Wildman–Crippen LogP) is 1.79. The van der Waals surface area contributed by atoms with Crippen LogP contribution in [0.1, 0.15) is 0 Å². The van der Waals surface area contributed by atoms with Crippen LogP contribution in [-0.4, -0.2) is 14.4 Å². The minimum Gasteiger partial charge on any atom is -0.336 e. The maximum absolute atomic E-state index is 12.7. The Balaban J connectivity index is 2.24. The summed E-state index contributed by atoms with van der Waals surface area (Å²) in [5, 5.41) is 0.397. The molecule has 0 saturated carbocycles. The highest BCUT2D eigenvalue weighted by atomic mass is 31.2. The smallest absolute Gasteiger partial charge is 0.293 e. The fraction of sp³-hybridized carbons (Fsp3) is 0.0714. The van der Waals surface area contributed by atoms with Crippen molar-refractivity contribution in [3.05, 3.63) is 54.6 Å². The first kappa shape index (κ1) is 12.2. The predicted molar refractivity (Wildman–Crippen MR) is 76.2 cm³/mol. The molecule has 0 saturated heterocycles. The lowest BCUT2D eigenvalue weighted by Gasteiger charge is -2.11. The lowest BCUT2D eigenvalue weighted by Crippen LogP contribution is -2.23. The van der Waals surface area contributed by atoms with Crippen LogP contribution in [0.4, 0.5) is 0 Å². The Morgan fingerprint density at radius 2 is 1.68 bits per heavy atom. The van der Waals surface area contributed by atoms with Crippen LogP contribution in [0.2, 0.25) is 0 Å². The molecule has 5 heteroatoms. The molecule has 0 aliphatic rings. The van der Waals surface area contributed by atoms with Gasteiger partial charge in [-0.15, -0.1) is 0 Å². The first-order chi connectivity index (χ1) is 9.10. The Kier molecular flexibility index (Phi) is 2.77. The van der Waals surface area contributed by atoms with Gasteiger partial charge in [0.2, 0.25) is 5.57 Å². The van der Waals surface area contributed by atoms with Crippen LogP contribution in [0.3, 0.4) is 0 Å². The van der Waals surface area contributed by atoms with Crippen molar-refractivity contribution < 1.29 is 9.46 Å². The summed E-state index contributed by atoms with van der Waals surface area (Å²) in [6, 6.07) is 16.1. The van der Waals surface area contributed by atoms with Crippen LogP contribution in [0.25, 0.3) is 11.0 Å². The van der Waals surface area contributed by atoms with E-state index < -0.39 is 7.37 Å². The number of para-hydroxylation sites is 2. The monoisotopic (exact) mass is 272 g/mol. The molecule has 0 amide bonds. The summed E-state index contributed by atoms with van der Waals surface area (Å²) in [7, 11) is -1.90. The third-order valence-electron chi connectivity index (χ3n) is 3.14. The van der Waals surface area contributed by atoms with Crippen LogP contribution >= 0.6 is 7.37 Å². The molecule has 1 heterocycles. The Morgan fingerprint density at radius 3 is 2.37 bits per heavy atom. The Labute approximate surface area is 110 Å². The van der Waals surface area contributed by atoms with Gasteiger partial charge in [0.15, 0.2) is 0 Å². The van der Waals surface area contributed by atoms with Gasteiger partial charge in [-0.25, -0.2) is 4.98 Å². The minimum absolute atomic E-state index is 0.208. The van der Waals surface area contributed by atoms with Gasteiger partial charge in [-0.3, -0.25) is 4.57 Å². The Hall–Kier alpha value is -1.90. The molecule has 2 aromatic carbocycles. The van der Waals surface area contributed by atoms with E-state index in [1.807, 2.05) is 30.3 Å². The van der Waals surface area contributed by atoms with Crippen molar-refractivity contribution in [3.8, 4) is 0 Å². The standard InChI is InChI=1S/C14H13N2O2P/c1-16-13-10-6-5-9-12(13)15-14(16)19(17,18)11-7-3-2-4-8-11/h2-10H,1H3,(H,17,18). The molecule has 0 spiro atoms. The Morgan fingerprint density at radius 1 is 1.05 bits per heavy atom. The summed E-state index contributed by atoms with van der Waals surface area (Å²) >= 11 is 0. The molecule has 0 fully saturated rings. The highest BCUT2D eigenvalue weighted by Crippen LogP contribution is 2.38. The number of aryl methyl sites for hydroxylation is 1. The molecule has 96 valence electrons. The van der Waals surface area contributed by atoms with E-state index in [0.29, 0.717) is 5.30 Å². The first-order valence-electron chi connectivity index (χ1n) is 5.91. The number of aromatic nitrogens is 2. The third-order valence-corrected chi connectivity index (χ3v) is 5.08. The largest absolute Gasteiger partial charge is 0.336 e. The molecule has 0 bridgehead atoms. The second-order valence-electron chi connectivity index (χ2n) is 4.37. The van der Waals surface area contributed by atoms with Crippen molar-refractivity contribution >= 4 is 29.3 Å². The summed E-state index contributed by atoms with van der Waals surface area (Å²) in [4.78, 5) is 14.7. The van der Waals surface area contributed by atoms with E-state index in [1.54, 1.807) is 35.9 Å². The van der Waals surface area contributed by atoms with Crippen molar-refractivity contribution in [1.29, 1.82) is 0 Å². The van der Waals surface area contributed by atoms with E-state index in [9.17, 15) is 9.46 Å². The van der Waals surface area contributed by atoms with Gasteiger partial charge in [0, 0.05) is 12.4 Å². The molecular formula is C14H13N2O2P. The van der Waals surface area contributed by atoms with Crippen LogP contribution in [0.5, 0.6) is 0 Å². The summed E-state index contributed by atoms with van der Waals surface area (Å²) in [6.45, 7) is 0. The van der Waals surface area contributed by atoms with Crippen molar-refractivity contribution in [2.24, 2.45) is 7.05 Å². The summed E-state index contributed by atoms with van der Waals surface area (Å²) in [5.41, 5.74) is 1.79. The summed E-state index contributed by atoms with van der Waals surface area (Å²) in [6.07, 6.45) is 0. The second kappa shape index (κ2) is 4.34. The lowest BCUT2D eigenvalue weighted by atomic mass is 10.3.